The molecule has 2 saturated heterocycles. The van der Waals surface area contributed by atoms with E-state index in [1.54, 1.807) is 0 Å². The summed E-state index contributed by atoms with van der Waals surface area (Å²) in [5, 5.41) is 15.3. The van der Waals surface area contributed by atoms with E-state index in [0.717, 1.165) is 48.6 Å². The first-order valence-corrected chi connectivity index (χ1v) is 8.64. The molecule has 0 spiro atoms. The predicted molar refractivity (Wildman–Crippen MR) is 90.7 cm³/mol. The number of carbonyl (C=O) groups is 1. The van der Waals surface area contributed by atoms with Gasteiger partial charge in [-0.15, -0.1) is 0 Å². The van der Waals surface area contributed by atoms with Gasteiger partial charge in [-0.25, -0.2) is 0 Å². The minimum Gasteiger partial charge on any atom is -0.336 e. The number of likely N-dealkylation sites (tertiary alicyclic amines) is 1. The fourth-order valence-corrected chi connectivity index (χ4v) is 4.00. The number of aryl methyl sites for hydroxylation is 2. The Morgan fingerprint density at radius 3 is 2.79 bits per heavy atom. The van der Waals surface area contributed by atoms with E-state index in [2.05, 4.69) is 20.6 Å². The lowest BCUT2D eigenvalue weighted by Gasteiger charge is -2.23. The lowest BCUT2D eigenvalue weighted by atomic mass is 10.1. The first-order chi connectivity index (χ1) is 11.5. The van der Waals surface area contributed by atoms with E-state index >= 15 is 0 Å². The number of fused-ring (bicyclic) bond motifs is 2. The quantitative estimate of drug-likeness (QED) is 0.873. The number of nitrogens with zero attached hydrogens (tertiary/aromatic N) is 4. The molecule has 4 heterocycles. The molecule has 4 rings (SSSR count). The molecular weight excluding hydrogens is 304 g/mol. The highest BCUT2D eigenvalue weighted by atomic mass is 16.2. The van der Waals surface area contributed by atoms with Gasteiger partial charge in [-0.05, 0) is 39.2 Å². The smallest absolute Gasteiger partial charge is 0.271 e. The number of aromatic amines is 1. The van der Waals surface area contributed by atoms with Gasteiger partial charge in [0.15, 0.2) is 0 Å². The maximum atomic E-state index is 12.9. The van der Waals surface area contributed by atoms with Gasteiger partial charge in [0.25, 0.3) is 5.91 Å². The van der Waals surface area contributed by atoms with E-state index in [0.29, 0.717) is 17.8 Å². The zero-order chi connectivity index (χ0) is 16.8. The first kappa shape index (κ1) is 15.4. The van der Waals surface area contributed by atoms with Gasteiger partial charge in [0.2, 0.25) is 0 Å². The molecule has 2 atom stereocenters. The molecule has 2 fully saturated rings. The fraction of sp³-hybridized carbons (Fsp3) is 0.588. The molecular formula is C17H24N6O. The molecule has 1 amide bonds. The van der Waals surface area contributed by atoms with Crippen LogP contribution in [0.15, 0.2) is 6.07 Å². The van der Waals surface area contributed by atoms with Gasteiger partial charge in [-0.1, -0.05) is 0 Å². The van der Waals surface area contributed by atoms with Gasteiger partial charge in [-0.2, -0.15) is 10.2 Å². The molecule has 2 aromatic rings. The minimum atomic E-state index is 0.0438. The van der Waals surface area contributed by atoms with Crippen molar-refractivity contribution in [1.82, 2.24) is 30.2 Å². The van der Waals surface area contributed by atoms with Crippen LogP contribution in [0, 0.1) is 13.8 Å². The van der Waals surface area contributed by atoms with E-state index in [1.807, 2.05) is 36.5 Å². The van der Waals surface area contributed by atoms with E-state index in [4.69, 9.17) is 0 Å². The summed E-state index contributed by atoms with van der Waals surface area (Å²) < 4.78 is 1.85. The van der Waals surface area contributed by atoms with Gasteiger partial charge in [0.1, 0.15) is 5.69 Å². The zero-order valence-corrected chi connectivity index (χ0v) is 14.5. The number of nitrogens with one attached hydrogen (secondary N) is 2. The van der Waals surface area contributed by atoms with E-state index < -0.39 is 0 Å². The van der Waals surface area contributed by atoms with Crippen LogP contribution >= 0.6 is 0 Å². The van der Waals surface area contributed by atoms with Gasteiger partial charge < -0.3 is 10.2 Å². The summed E-state index contributed by atoms with van der Waals surface area (Å²) in [5.74, 6) is 0.0438. The SMILES string of the molecule is Cc1nn(C)c(C)c1-c1cc(C(=O)N2CCC3CCC(C2)N3)[nH]n1. The third-order valence-corrected chi connectivity index (χ3v) is 5.38. The Morgan fingerprint density at radius 1 is 1.25 bits per heavy atom. The summed E-state index contributed by atoms with van der Waals surface area (Å²) in [5.41, 5.74) is 4.33. The summed E-state index contributed by atoms with van der Waals surface area (Å²) in [7, 11) is 1.92. The molecule has 2 aromatic heterocycles. The fourth-order valence-electron chi connectivity index (χ4n) is 4.00. The van der Waals surface area contributed by atoms with Crippen molar-refractivity contribution in [3.8, 4) is 11.3 Å². The second kappa shape index (κ2) is 5.73. The van der Waals surface area contributed by atoms with Gasteiger partial charge >= 0.3 is 0 Å². The molecule has 0 saturated carbocycles. The Labute approximate surface area is 141 Å². The number of amides is 1. The third-order valence-electron chi connectivity index (χ3n) is 5.38. The number of rotatable bonds is 2. The molecule has 0 aliphatic carbocycles. The van der Waals surface area contributed by atoms with Crippen LogP contribution in [0.1, 0.15) is 41.1 Å². The Kier molecular flexibility index (Phi) is 3.68. The summed E-state index contributed by atoms with van der Waals surface area (Å²) in [6, 6.07) is 2.87. The van der Waals surface area contributed by atoms with Gasteiger partial charge in [0, 0.05) is 43.5 Å². The number of hydrogen-bond acceptors (Lipinski definition) is 4. The van der Waals surface area contributed by atoms with Crippen LogP contribution in [0.5, 0.6) is 0 Å². The van der Waals surface area contributed by atoms with Gasteiger partial charge in [0.05, 0.1) is 11.4 Å². The Balaban J connectivity index is 1.57. The molecule has 0 aromatic carbocycles. The molecule has 128 valence electrons. The molecule has 2 bridgehead atoms. The summed E-state index contributed by atoms with van der Waals surface area (Å²) >= 11 is 0. The van der Waals surface area contributed by atoms with Gasteiger partial charge in [-0.3, -0.25) is 14.6 Å². The number of H-pyrrole nitrogens is 1. The topological polar surface area (TPSA) is 78.8 Å². The lowest BCUT2D eigenvalue weighted by Crippen LogP contribution is -2.39. The lowest BCUT2D eigenvalue weighted by molar-refractivity contribution is 0.0742. The van der Waals surface area contributed by atoms with Crippen molar-refractivity contribution in [1.29, 1.82) is 0 Å². The molecule has 2 N–H and O–H groups in total. The second-order valence-electron chi connectivity index (χ2n) is 7.01. The Bertz CT molecular complexity index is 776. The van der Waals surface area contributed by atoms with Crippen molar-refractivity contribution in [2.75, 3.05) is 13.1 Å². The molecule has 2 unspecified atom stereocenters. The van der Waals surface area contributed by atoms with Crippen LogP contribution in [0.25, 0.3) is 11.3 Å². The first-order valence-electron chi connectivity index (χ1n) is 8.64. The normalized spacial score (nSPS) is 23.5. The molecule has 2 aliphatic rings. The maximum Gasteiger partial charge on any atom is 0.271 e. The minimum absolute atomic E-state index is 0.0438. The van der Waals surface area contributed by atoms with E-state index in [-0.39, 0.29) is 5.91 Å². The standard InChI is InChI=1S/C17H24N6O/c1-10-16(11(2)22(3)21-10)14-8-15(20-19-14)17(24)23-7-6-12-4-5-13(9-23)18-12/h8,12-13,18H,4-7,9H2,1-3H3,(H,19,20). The summed E-state index contributed by atoms with van der Waals surface area (Å²) in [4.78, 5) is 14.8. The van der Waals surface area contributed by atoms with Crippen molar-refractivity contribution in [3.63, 3.8) is 0 Å². The largest absolute Gasteiger partial charge is 0.336 e. The molecule has 24 heavy (non-hydrogen) atoms. The van der Waals surface area contributed by atoms with Crippen LogP contribution < -0.4 is 5.32 Å². The Morgan fingerprint density at radius 2 is 2.04 bits per heavy atom. The van der Waals surface area contributed by atoms with Crippen LogP contribution in [-0.2, 0) is 7.05 Å². The van der Waals surface area contributed by atoms with Crippen LogP contribution in [-0.4, -0.2) is 56.0 Å². The Hall–Kier alpha value is -2.15. The molecule has 7 heteroatoms. The molecule has 2 aliphatic heterocycles. The monoisotopic (exact) mass is 328 g/mol. The average molecular weight is 328 g/mol. The van der Waals surface area contributed by atoms with Crippen LogP contribution in [0.2, 0.25) is 0 Å². The highest BCUT2D eigenvalue weighted by molar-refractivity contribution is 5.93. The summed E-state index contributed by atoms with van der Waals surface area (Å²) in [6.07, 6.45) is 3.43. The third kappa shape index (κ3) is 2.53. The predicted octanol–water partition coefficient (Wildman–Crippen LogP) is 1.39. The highest BCUT2D eigenvalue weighted by Gasteiger charge is 2.32. The summed E-state index contributed by atoms with van der Waals surface area (Å²) in [6.45, 7) is 5.58. The molecule has 7 nitrogen and oxygen atoms in total. The van der Waals surface area contributed by atoms with Crippen LogP contribution in [0.3, 0.4) is 0 Å². The van der Waals surface area contributed by atoms with Crippen LogP contribution in [0.4, 0.5) is 0 Å². The van der Waals surface area contributed by atoms with Crippen molar-refractivity contribution < 1.29 is 4.79 Å². The van der Waals surface area contributed by atoms with Crippen molar-refractivity contribution >= 4 is 5.91 Å². The van der Waals surface area contributed by atoms with Crippen molar-refractivity contribution in [2.45, 2.75) is 45.2 Å². The van der Waals surface area contributed by atoms with Crippen molar-refractivity contribution in [2.24, 2.45) is 7.05 Å². The average Bonchev–Trinajstić information content (AvgIpc) is 3.19. The van der Waals surface area contributed by atoms with Crippen molar-refractivity contribution in [3.05, 3.63) is 23.1 Å². The number of carbonyl (C=O) groups excluding carboxylic acids is 1. The highest BCUT2D eigenvalue weighted by Crippen LogP contribution is 2.26. The number of hydrogen-bond donors (Lipinski definition) is 2. The second-order valence-corrected chi connectivity index (χ2v) is 7.01. The number of aromatic nitrogens is 4. The zero-order valence-electron chi connectivity index (χ0n) is 14.5. The maximum absolute atomic E-state index is 12.9. The van der Waals surface area contributed by atoms with E-state index in [9.17, 15) is 4.79 Å². The molecule has 0 radical (unpaired) electrons. The van der Waals surface area contributed by atoms with E-state index in [1.165, 1.54) is 6.42 Å².